The highest BCUT2D eigenvalue weighted by molar-refractivity contribution is 5.85. The number of rotatable bonds is 9. The summed E-state index contributed by atoms with van der Waals surface area (Å²) in [6.07, 6.45) is 7.61. The average Bonchev–Trinajstić information content (AvgIpc) is 3.43. The summed E-state index contributed by atoms with van der Waals surface area (Å²) in [5.41, 5.74) is 6.73. The van der Waals surface area contributed by atoms with E-state index < -0.39 is 11.7 Å². The molecule has 1 aromatic carbocycles. The molecule has 0 bridgehead atoms. The number of β-amino-alcohol motifs (C(OH)–C–C–N with tert-alkyl or cyclic N) is 1. The molecule has 1 aliphatic carbocycles. The van der Waals surface area contributed by atoms with Gasteiger partial charge in [-0.3, -0.25) is 4.90 Å². The number of aliphatic hydroxyl groups is 2. The number of benzene rings is 1. The van der Waals surface area contributed by atoms with E-state index in [1.54, 1.807) is 7.11 Å². The fourth-order valence-corrected chi connectivity index (χ4v) is 5.78. The van der Waals surface area contributed by atoms with Gasteiger partial charge in [0.2, 0.25) is 0 Å². The largest absolute Gasteiger partial charge is 0.493 e. The molecular weight excluding hydrogens is 477 g/mol. The molecule has 0 aromatic heterocycles. The molecule has 34 heavy (non-hydrogen) atoms. The number of hydrogen-bond acceptors (Lipinski definition) is 7. The normalized spacial score (nSPS) is 22.7. The van der Waals surface area contributed by atoms with Crippen molar-refractivity contribution in [2.45, 2.75) is 63.2 Å². The first kappa shape index (κ1) is 29.4. The zero-order valence-corrected chi connectivity index (χ0v) is 22.0. The second kappa shape index (κ2) is 12.9. The molecule has 7 nitrogen and oxygen atoms in total. The summed E-state index contributed by atoms with van der Waals surface area (Å²) < 4.78 is 11.5. The molecule has 0 radical (unpaired) electrons. The smallest absolute Gasteiger partial charge is 0.161 e. The van der Waals surface area contributed by atoms with Gasteiger partial charge in [0, 0.05) is 39.3 Å². The van der Waals surface area contributed by atoms with Crippen LogP contribution in [0.25, 0.3) is 0 Å². The van der Waals surface area contributed by atoms with Crippen LogP contribution in [0.1, 0.15) is 50.5 Å². The van der Waals surface area contributed by atoms with E-state index in [-0.39, 0.29) is 31.4 Å². The van der Waals surface area contributed by atoms with Crippen LogP contribution in [0.15, 0.2) is 18.2 Å². The Morgan fingerprint density at radius 3 is 2.32 bits per heavy atom. The Morgan fingerprint density at radius 1 is 1.00 bits per heavy atom. The fourth-order valence-electron chi connectivity index (χ4n) is 5.78. The van der Waals surface area contributed by atoms with Crippen LogP contribution in [0.5, 0.6) is 11.5 Å². The highest BCUT2D eigenvalue weighted by Gasteiger charge is 2.40. The topological polar surface area (TPSA) is 91.4 Å². The van der Waals surface area contributed by atoms with Crippen LogP contribution in [0.4, 0.5) is 0 Å². The van der Waals surface area contributed by atoms with Crippen LogP contribution in [0.3, 0.4) is 0 Å². The molecule has 1 unspecified atom stereocenters. The monoisotopic (exact) mass is 519 g/mol. The molecule has 1 atom stereocenters. The molecule has 1 spiro atoms. The van der Waals surface area contributed by atoms with Gasteiger partial charge in [-0.15, -0.1) is 24.8 Å². The molecule has 2 heterocycles. The van der Waals surface area contributed by atoms with Gasteiger partial charge in [-0.2, -0.15) is 0 Å². The first-order chi connectivity index (χ1) is 15.4. The van der Waals surface area contributed by atoms with Gasteiger partial charge < -0.3 is 30.3 Å². The molecule has 3 fully saturated rings. The van der Waals surface area contributed by atoms with Crippen molar-refractivity contribution in [1.29, 1.82) is 0 Å². The molecule has 9 heteroatoms. The Kier molecular flexibility index (Phi) is 11.2. The van der Waals surface area contributed by atoms with Crippen molar-refractivity contribution in [2.24, 2.45) is 11.1 Å². The third-order valence-electron chi connectivity index (χ3n) is 7.88. The highest BCUT2D eigenvalue weighted by atomic mass is 35.5. The minimum Gasteiger partial charge on any atom is -0.493 e. The van der Waals surface area contributed by atoms with E-state index in [0.717, 1.165) is 25.4 Å². The SMILES string of the molecule is COc1cc(CN2CCC3(CCCC3)C2)ccc1OCC(O)CN1CCC(O)(CN)CC1.Cl.Cl. The van der Waals surface area contributed by atoms with Crippen molar-refractivity contribution >= 4 is 24.8 Å². The van der Waals surface area contributed by atoms with Gasteiger partial charge in [-0.25, -0.2) is 0 Å². The Morgan fingerprint density at radius 2 is 1.68 bits per heavy atom. The summed E-state index contributed by atoms with van der Waals surface area (Å²) in [6.45, 7) is 5.86. The van der Waals surface area contributed by atoms with E-state index in [2.05, 4.69) is 21.9 Å². The zero-order chi connectivity index (χ0) is 22.6. The lowest BCUT2D eigenvalue weighted by atomic mass is 9.86. The lowest BCUT2D eigenvalue weighted by Gasteiger charge is -2.38. The maximum absolute atomic E-state index is 10.5. The van der Waals surface area contributed by atoms with Crippen LogP contribution in [0.2, 0.25) is 0 Å². The number of hydrogen-bond donors (Lipinski definition) is 3. The van der Waals surface area contributed by atoms with E-state index in [1.165, 1.54) is 50.8 Å². The zero-order valence-electron chi connectivity index (χ0n) is 20.4. The van der Waals surface area contributed by atoms with E-state index in [0.29, 0.717) is 37.1 Å². The maximum Gasteiger partial charge on any atom is 0.161 e. The van der Waals surface area contributed by atoms with Crippen LogP contribution in [0, 0.1) is 5.41 Å². The molecule has 1 saturated carbocycles. The second-order valence-electron chi connectivity index (χ2n) is 10.3. The van der Waals surface area contributed by atoms with Crippen molar-refractivity contribution < 1.29 is 19.7 Å². The Hall–Kier alpha value is -0.800. The second-order valence-corrected chi connectivity index (χ2v) is 10.3. The number of aliphatic hydroxyl groups excluding tert-OH is 1. The Balaban J connectivity index is 0.00000204. The number of methoxy groups -OCH3 is 1. The molecule has 2 aliphatic heterocycles. The molecule has 4 rings (SSSR count). The molecule has 1 aromatic rings. The summed E-state index contributed by atoms with van der Waals surface area (Å²) in [4.78, 5) is 4.74. The van der Waals surface area contributed by atoms with Crippen LogP contribution in [-0.4, -0.2) is 84.7 Å². The summed E-state index contributed by atoms with van der Waals surface area (Å²) >= 11 is 0. The van der Waals surface area contributed by atoms with Crippen molar-refractivity contribution in [3.8, 4) is 11.5 Å². The molecule has 2 saturated heterocycles. The number of ether oxygens (including phenoxy) is 2. The standard InChI is InChI=1S/C25H41N3O4.2ClH/c1-31-23-14-20(15-28-11-8-24(19-28)6-2-3-7-24)4-5-22(23)32-17-21(29)16-27-12-9-25(30,18-26)10-13-27;;/h4-5,14,21,29-30H,2-3,6-13,15-19,26H2,1H3;2*1H. The van der Waals surface area contributed by atoms with Crippen LogP contribution >= 0.6 is 24.8 Å². The number of piperidine rings is 1. The van der Waals surface area contributed by atoms with E-state index in [4.69, 9.17) is 15.2 Å². The number of likely N-dealkylation sites (tertiary alicyclic amines) is 2. The number of halogens is 2. The Bertz CT molecular complexity index is 756. The van der Waals surface area contributed by atoms with Crippen molar-refractivity contribution in [3.05, 3.63) is 23.8 Å². The predicted octanol–water partition coefficient (Wildman–Crippen LogP) is 2.83. The summed E-state index contributed by atoms with van der Waals surface area (Å²) in [5.74, 6) is 1.38. The van der Waals surface area contributed by atoms with Gasteiger partial charge in [-0.05, 0) is 61.8 Å². The van der Waals surface area contributed by atoms with E-state index in [1.807, 2.05) is 6.07 Å². The lowest BCUT2D eigenvalue weighted by molar-refractivity contribution is -0.0266. The van der Waals surface area contributed by atoms with Gasteiger partial charge in [-0.1, -0.05) is 18.9 Å². The van der Waals surface area contributed by atoms with E-state index >= 15 is 0 Å². The van der Waals surface area contributed by atoms with Crippen LogP contribution < -0.4 is 15.2 Å². The average molecular weight is 521 g/mol. The first-order valence-corrected chi connectivity index (χ1v) is 12.3. The first-order valence-electron chi connectivity index (χ1n) is 12.3. The highest BCUT2D eigenvalue weighted by Crippen LogP contribution is 2.45. The van der Waals surface area contributed by atoms with Gasteiger partial charge in [0.1, 0.15) is 12.7 Å². The lowest BCUT2D eigenvalue weighted by Crippen LogP contribution is -2.50. The summed E-state index contributed by atoms with van der Waals surface area (Å²) in [6, 6.07) is 6.15. The third kappa shape index (κ3) is 7.36. The maximum atomic E-state index is 10.5. The van der Waals surface area contributed by atoms with Gasteiger partial charge in [0.05, 0.1) is 12.7 Å². The van der Waals surface area contributed by atoms with Gasteiger partial charge in [0.25, 0.3) is 0 Å². The number of nitrogens with two attached hydrogens (primary N) is 1. The molecule has 3 aliphatic rings. The molecule has 196 valence electrons. The van der Waals surface area contributed by atoms with Crippen molar-refractivity contribution in [3.63, 3.8) is 0 Å². The van der Waals surface area contributed by atoms with E-state index in [9.17, 15) is 10.2 Å². The van der Waals surface area contributed by atoms with Crippen molar-refractivity contribution in [2.75, 3.05) is 53.0 Å². The summed E-state index contributed by atoms with van der Waals surface area (Å²) in [7, 11) is 1.66. The third-order valence-corrected chi connectivity index (χ3v) is 7.88. The minimum absolute atomic E-state index is 0. The fraction of sp³-hybridized carbons (Fsp3) is 0.760. The molecule has 0 amide bonds. The van der Waals surface area contributed by atoms with Crippen molar-refractivity contribution in [1.82, 2.24) is 9.80 Å². The summed E-state index contributed by atoms with van der Waals surface area (Å²) in [5, 5.41) is 20.7. The molecule has 4 N–H and O–H groups in total. The van der Waals surface area contributed by atoms with Crippen LogP contribution in [-0.2, 0) is 6.54 Å². The number of nitrogens with zero attached hydrogens (tertiary/aromatic N) is 2. The van der Waals surface area contributed by atoms with Gasteiger partial charge in [0.15, 0.2) is 11.5 Å². The minimum atomic E-state index is -0.750. The predicted molar refractivity (Wildman–Crippen MR) is 139 cm³/mol. The molecular formula is C25H43Cl2N3O4. The quantitative estimate of drug-likeness (QED) is 0.461. The van der Waals surface area contributed by atoms with Gasteiger partial charge >= 0.3 is 0 Å². The Labute approximate surface area is 216 Å².